The normalized spacial score (nSPS) is 12.4. The van der Waals surface area contributed by atoms with E-state index in [-0.39, 0.29) is 5.56 Å². The number of aromatic nitrogens is 2. The molecule has 3 heterocycles. The first-order valence-corrected chi connectivity index (χ1v) is 8.44. The molecule has 0 aliphatic rings. The van der Waals surface area contributed by atoms with E-state index in [1.165, 1.54) is 17.4 Å². The summed E-state index contributed by atoms with van der Waals surface area (Å²) in [5, 5.41) is 13.9. The van der Waals surface area contributed by atoms with Gasteiger partial charge in [0, 0.05) is 41.6 Å². The average molecular weight is 348 g/mol. The van der Waals surface area contributed by atoms with Gasteiger partial charge in [0.05, 0.1) is 11.6 Å². The van der Waals surface area contributed by atoms with Gasteiger partial charge in [-0.15, -0.1) is 11.3 Å². The zero-order chi connectivity index (χ0) is 18.0. The minimum Gasteiger partial charge on any atom is -0.387 e. The molecule has 0 fully saturated rings. The fourth-order valence-electron chi connectivity index (χ4n) is 2.62. The van der Waals surface area contributed by atoms with E-state index in [4.69, 9.17) is 5.26 Å². The van der Waals surface area contributed by atoms with E-state index in [1.807, 2.05) is 32.2 Å². The molecule has 0 radical (unpaired) electrons. The topological polar surface area (TPSA) is 70.7 Å². The lowest BCUT2D eigenvalue weighted by atomic mass is 10.2. The second-order valence-corrected chi connectivity index (χ2v) is 6.37. The van der Waals surface area contributed by atoms with Gasteiger partial charge < -0.3 is 5.32 Å². The van der Waals surface area contributed by atoms with Gasteiger partial charge >= 0.3 is 0 Å². The second-order valence-electron chi connectivity index (χ2n) is 5.37. The summed E-state index contributed by atoms with van der Waals surface area (Å²) in [5.41, 5.74) is 2.02. The molecule has 0 aromatic carbocycles. The highest BCUT2D eigenvalue weighted by atomic mass is 32.1. The maximum atomic E-state index is 12.9. The molecule has 124 valence electrons. The SMILES string of the molecule is C=C/C(C#N)=C\C=C(/C)n1ccc2c(sc3nccc(NC)c32)c1=O. The van der Waals surface area contributed by atoms with Gasteiger partial charge in [0.1, 0.15) is 9.53 Å². The van der Waals surface area contributed by atoms with E-state index in [0.29, 0.717) is 10.3 Å². The number of allylic oxidation sites excluding steroid dienone is 5. The molecule has 0 saturated carbocycles. The number of rotatable bonds is 4. The van der Waals surface area contributed by atoms with Gasteiger partial charge in [0.2, 0.25) is 0 Å². The third-order valence-electron chi connectivity index (χ3n) is 3.93. The predicted molar refractivity (Wildman–Crippen MR) is 105 cm³/mol. The van der Waals surface area contributed by atoms with Crippen molar-refractivity contribution in [1.29, 1.82) is 5.26 Å². The summed E-state index contributed by atoms with van der Waals surface area (Å²) >= 11 is 1.39. The van der Waals surface area contributed by atoms with Gasteiger partial charge in [0.15, 0.2) is 0 Å². The summed E-state index contributed by atoms with van der Waals surface area (Å²) in [7, 11) is 1.85. The zero-order valence-corrected chi connectivity index (χ0v) is 14.7. The van der Waals surface area contributed by atoms with Crippen LogP contribution in [0.5, 0.6) is 0 Å². The van der Waals surface area contributed by atoms with Crippen LogP contribution in [0.15, 0.2) is 59.7 Å². The lowest BCUT2D eigenvalue weighted by Gasteiger charge is -2.06. The lowest BCUT2D eigenvalue weighted by molar-refractivity contribution is 1.03. The van der Waals surface area contributed by atoms with Crippen molar-refractivity contribution in [1.82, 2.24) is 9.55 Å². The van der Waals surface area contributed by atoms with Crippen molar-refractivity contribution in [2.45, 2.75) is 6.92 Å². The number of anilines is 1. The summed E-state index contributed by atoms with van der Waals surface area (Å²) in [6, 6.07) is 5.86. The van der Waals surface area contributed by atoms with Gasteiger partial charge in [-0.2, -0.15) is 5.26 Å². The Labute approximate surface area is 148 Å². The Balaban J connectivity index is 2.22. The van der Waals surface area contributed by atoms with Crippen molar-refractivity contribution in [3.05, 3.63) is 65.3 Å². The van der Waals surface area contributed by atoms with Gasteiger partial charge in [-0.25, -0.2) is 4.98 Å². The van der Waals surface area contributed by atoms with Crippen molar-refractivity contribution in [3.63, 3.8) is 0 Å². The molecule has 0 aliphatic carbocycles. The first-order chi connectivity index (χ1) is 12.1. The average Bonchev–Trinajstić information content (AvgIpc) is 3.02. The molecular weight excluding hydrogens is 332 g/mol. The molecule has 6 heteroatoms. The highest BCUT2D eigenvalue weighted by molar-refractivity contribution is 7.25. The molecule has 0 saturated heterocycles. The van der Waals surface area contributed by atoms with Crippen LogP contribution in [0.2, 0.25) is 0 Å². The van der Waals surface area contributed by atoms with E-state index in [0.717, 1.165) is 27.0 Å². The number of nitrogens with zero attached hydrogens (tertiary/aromatic N) is 3. The first kappa shape index (κ1) is 16.7. The Hall–Kier alpha value is -3.17. The number of nitrogens with one attached hydrogen (secondary N) is 1. The van der Waals surface area contributed by atoms with Crippen molar-refractivity contribution in [3.8, 4) is 6.07 Å². The molecular formula is C19H16N4OS. The van der Waals surface area contributed by atoms with Crippen molar-refractivity contribution in [2.24, 2.45) is 0 Å². The fourth-order valence-corrected chi connectivity index (χ4v) is 3.71. The van der Waals surface area contributed by atoms with Crippen LogP contribution in [-0.4, -0.2) is 16.6 Å². The number of nitriles is 1. The third kappa shape index (κ3) is 2.86. The number of hydrogen-bond donors (Lipinski definition) is 1. The van der Waals surface area contributed by atoms with E-state index in [9.17, 15) is 4.79 Å². The van der Waals surface area contributed by atoms with Crippen LogP contribution < -0.4 is 10.9 Å². The van der Waals surface area contributed by atoms with Crippen LogP contribution in [0.4, 0.5) is 5.69 Å². The molecule has 3 aromatic heterocycles. The molecule has 5 nitrogen and oxygen atoms in total. The molecule has 3 aromatic rings. The summed E-state index contributed by atoms with van der Waals surface area (Å²) in [5.74, 6) is 0. The van der Waals surface area contributed by atoms with Crippen molar-refractivity contribution < 1.29 is 0 Å². The Morgan fingerprint density at radius 1 is 1.44 bits per heavy atom. The molecule has 3 rings (SSSR count). The van der Waals surface area contributed by atoms with E-state index < -0.39 is 0 Å². The molecule has 0 amide bonds. The summed E-state index contributed by atoms with van der Waals surface area (Å²) in [4.78, 5) is 18.1. The van der Waals surface area contributed by atoms with Crippen LogP contribution in [-0.2, 0) is 0 Å². The Bertz CT molecular complexity index is 1140. The minimum atomic E-state index is -0.0955. The largest absolute Gasteiger partial charge is 0.387 e. The molecule has 1 N–H and O–H groups in total. The Morgan fingerprint density at radius 2 is 2.24 bits per heavy atom. The smallest absolute Gasteiger partial charge is 0.272 e. The van der Waals surface area contributed by atoms with Crippen LogP contribution in [0.25, 0.3) is 26.0 Å². The number of fused-ring (bicyclic) bond motifs is 3. The van der Waals surface area contributed by atoms with Crippen LogP contribution >= 0.6 is 11.3 Å². The number of hydrogen-bond acceptors (Lipinski definition) is 5. The molecule has 0 spiro atoms. The molecule has 0 atom stereocenters. The molecule has 0 bridgehead atoms. The van der Waals surface area contributed by atoms with Crippen molar-refractivity contribution in [2.75, 3.05) is 12.4 Å². The summed E-state index contributed by atoms with van der Waals surface area (Å²) in [6.45, 7) is 5.41. The van der Waals surface area contributed by atoms with Crippen molar-refractivity contribution >= 4 is 43.0 Å². The van der Waals surface area contributed by atoms with E-state index in [2.05, 4.69) is 16.9 Å². The van der Waals surface area contributed by atoms with Crippen LogP contribution in [0, 0.1) is 11.3 Å². The lowest BCUT2D eigenvalue weighted by Crippen LogP contribution is -2.16. The quantitative estimate of drug-likeness (QED) is 0.568. The Kier molecular flexibility index (Phi) is 4.50. The standard InChI is InChI=1S/C19H16N4OS/c1-4-13(11-20)6-5-12(2)23-10-8-14-16-15(21-3)7-9-22-18(16)25-17(14)19(23)24/h4-10H,1H2,2-3H3,(H,21,22)/b12-5+,13-6+. The maximum Gasteiger partial charge on any atom is 0.272 e. The Morgan fingerprint density at radius 3 is 2.92 bits per heavy atom. The monoisotopic (exact) mass is 348 g/mol. The van der Waals surface area contributed by atoms with Gasteiger partial charge in [-0.05, 0) is 31.2 Å². The fraction of sp³-hybridized carbons (Fsp3) is 0.105. The van der Waals surface area contributed by atoms with E-state index in [1.54, 1.807) is 29.1 Å². The van der Waals surface area contributed by atoms with Crippen LogP contribution in [0.1, 0.15) is 6.92 Å². The second kappa shape index (κ2) is 6.75. The molecule has 25 heavy (non-hydrogen) atoms. The first-order valence-electron chi connectivity index (χ1n) is 7.62. The molecule has 0 unspecified atom stereocenters. The van der Waals surface area contributed by atoms with Gasteiger partial charge in [-0.3, -0.25) is 9.36 Å². The van der Waals surface area contributed by atoms with E-state index >= 15 is 0 Å². The predicted octanol–water partition coefficient (Wildman–Crippen LogP) is 4.15. The van der Waals surface area contributed by atoms with Gasteiger partial charge in [-0.1, -0.05) is 12.7 Å². The van der Waals surface area contributed by atoms with Gasteiger partial charge in [0.25, 0.3) is 5.56 Å². The van der Waals surface area contributed by atoms with Crippen LogP contribution in [0.3, 0.4) is 0 Å². The third-order valence-corrected chi connectivity index (χ3v) is 5.04. The summed E-state index contributed by atoms with van der Waals surface area (Å²) in [6.07, 6.45) is 8.34. The highest BCUT2D eigenvalue weighted by Gasteiger charge is 2.13. The maximum absolute atomic E-state index is 12.9. The number of pyridine rings is 2. The number of thiophene rings is 1. The minimum absolute atomic E-state index is 0.0955. The highest BCUT2D eigenvalue weighted by Crippen LogP contribution is 2.35. The summed E-state index contributed by atoms with van der Waals surface area (Å²) < 4.78 is 2.24. The zero-order valence-electron chi connectivity index (χ0n) is 13.9. The molecule has 0 aliphatic heterocycles.